The van der Waals surface area contributed by atoms with E-state index in [0.717, 1.165) is 34.4 Å². The summed E-state index contributed by atoms with van der Waals surface area (Å²) < 4.78 is 1.67. The van der Waals surface area contributed by atoms with E-state index in [4.69, 9.17) is 0 Å². The van der Waals surface area contributed by atoms with Crippen LogP contribution in [0.25, 0.3) is 11.0 Å². The largest absolute Gasteiger partial charge is 0.332 e. The number of aryl methyl sites for hydroxylation is 4. The summed E-state index contributed by atoms with van der Waals surface area (Å²) >= 11 is 0. The van der Waals surface area contributed by atoms with Crippen LogP contribution in [0.3, 0.4) is 0 Å². The smallest absolute Gasteiger partial charge is 0.254 e. The average Bonchev–Trinajstić information content (AvgIpc) is 2.94. The molecule has 0 aliphatic rings. The minimum Gasteiger partial charge on any atom is -0.332 e. The number of carbonyl (C=O) groups is 2. The van der Waals surface area contributed by atoms with Crippen molar-refractivity contribution < 1.29 is 9.59 Å². The van der Waals surface area contributed by atoms with Crippen molar-refractivity contribution in [2.75, 3.05) is 18.9 Å². The van der Waals surface area contributed by atoms with Crippen LogP contribution in [0, 0.1) is 13.8 Å². The predicted octanol–water partition coefficient (Wildman–Crippen LogP) is 2.86. The molecular formula is C21H25N5O2. The molecule has 0 atom stereocenters. The number of carbonyl (C=O) groups excluding carboxylic acids is 2. The second kappa shape index (κ2) is 7.80. The number of para-hydroxylation sites is 1. The molecular weight excluding hydrogens is 354 g/mol. The number of aromatic nitrogens is 3. The van der Waals surface area contributed by atoms with Crippen LogP contribution in [0.15, 0.2) is 30.3 Å². The Morgan fingerprint density at radius 2 is 1.93 bits per heavy atom. The van der Waals surface area contributed by atoms with Gasteiger partial charge in [0.2, 0.25) is 5.91 Å². The van der Waals surface area contributed by atoms with E-state index in [-0.39, 0.29) is 18.4 Å². The molecule has 0 spiro atoms. The molecule has 1 N–H and O–H groups in total. The van der Waals surface area contributed by atoms with Crippen LogP contribution in [0.1, 0.15) is 34.2 Å². The van der Waals surface area contributed by atoms with E-state index in [1.165, 1.54) is 4.90 Å². The topological polar surface area (TPSA) is 80.1 Å². The van der Waals surface area contributed by atoms with Crippen molar-refractivity contribution in [2.45, 2.75) is 27.2 Å². The first-order chi connectivity index (χ1) is 13.3. The van der Waals surface area contributed by atoms with Crippen LogP contribution in [-0.2, 0) is 18.3 Å². The predicted molar refractivity (Wildman–Crippen MR) is 109 cm³/mol. The monoisotopic (exact) mass is 379 g/mol. The number of hydrogen-bond donors (Lipinski definition) is 1. The van der Waals surface area contributed by atoms with Crippen LogP contribution >= 0.6 is 0 Å². The molecule has 0 aliphatic heterocycles. The van der Waals surface area contributed by atoms with Gasteiger partial charge in [-0.3, -0.25) is 14.3 Å². The Hall–Kier alpha value is -3.22. The maximum absolute atomic E-state index is 13.1. The third kappa shape index (κ3) is 3.74. The molecule has 0 radical (unpaired) electrons. The van der Waals surface area contributed by atoms with Crippen molar-refractivity contribution in [2.24, 2.45) is 7.05 Å². The van der Waals surface area contributed by atoms with Crippen LogP contribution < -0.4 is 5.32 Å². The first kappa shape index (κ1) is 19.5. The van der Waals surface area contributed by atoms with Crippen molar-refractivity contribution in [1.82, 2.24) is 19.7 Å². The number of nitrogens with one attached hydrogen (secondary N) is 1. The third-order valence-electron chi connectivity index (χ3n) is 4.73. The Bertz CT molecular complexity index is 1050. The van der Waals surface area contributed by atoms with Crippen molar-refractivity contribution in [1.29, 1.82) is 0 Å². The third-order valence-corrected chi connectivity index (χ3v) is 4.73. The van der Waals surface area contributed by atoms with Gasteiger partial charge in [-0.15, -0.1) is 0 Å². The number of likely N-dealkylation sites (N-methyl/N-ethyl adjacent to an activating group) is 1. The van der Waals surface area contributed by atoms with Gasteiger partial charge in [-0.2, -0.15) is 5.10 Å². The van der Waals surface area contributed by atoms with Crippen molar-refractivity contribution in [3.63, 3.8) is 0 Å². The summed E-state index contributed by atoms with van der Waals surface area (Å²) in [7, 11) is 3.43. The number of pyridine rings is 1. The summed E-state index contributed by atoms with van der Waals surface area (Å²) in [4.78, 5) is 31.5. The van der Waals surface area contributed by atoms with Gasteiger partial charge in [-0.25, -0.2) is 4.98 Å². The van der Waals surface area contributed by atoms with Gasteiger partial charge in [-0.1, -0.05) is 25.1 Å². The highest BCUT2D eigenvalue weighted by molar-refractivity contribution is 6.07. The molecule has 7 heteroatoms. The minimum absolute atomic E-state index is 0.0426. The summed E-state index contributed by atoms with van der Waals surface area (Å²) in [6.07, 6.45) is 0.819. The van der Waals surface area contributed by atoms with Gasteiger partial charge < -0.3 is 10.2 Å². The van der Waals surface area contributed by atoms with Crippen molar-refractivity contribution in [3.05, 3.63) is 52.8 Å². The Morgan fingerprint density at radius 1 is 1.21 bits per heavy atom. The maximum atomic E-state index is 13.1. The molecule has 7 nitrogen and oxygen atoms in total. The van der Waals surface area contributed by atoms with Crippen LogP contribution in [0.4, 0.5) is 5.69 Å². The number of rotatable bonds is 5. The van der Waals surface area contributed by atoms with Crippen molar-refractivity contribution in [3.8, 4) is 0 Å². The van der Waals surface area contributed by atoms with E-state index in [9.17, 15) is 9.59 Å². The van der Waals surface area contributed by atoms with E-state index in [0.29, 0.717) is 11.2 Å². The lowest BCUT2D eigenvalue weighted by molar-refractivity contribution is -0.116. The Kier molecular flexibility index (Phi) is 5.44. The minimum atomic E-state index is -0.235. The maximum Gasteiger partial charge on any atom is 0.254 e. The lowest BCUT2D eigenvalue weighted by Crippen LogP contribution is -2.35. The fourth-order valence-corrected chi connectivity index (χ4v) is 3.37. The Morgan fingerprint density at radius 3 is 2.64 bits per heavy atom. The molecule has 0 bridgehead atoms. The SMILES string of the molecule is CCc1ccccc1NC(=O)CN(C)C(=O)c1cc(C)nc2c1c(C)nn2C. The molecule has 1 aromatic carbocycles. The molecule has 0 unspecified atom stereocenters. The molecule has 28 heavy (non-hydrogen) atoms. The average molecular weight is 379 g/mol. The quantitative estimate of drug-likeness (QED) is 0.739. The molecule has 3 rings (SSSR count). The van der Waals surface area contributed by atoms with Gasteiger partial charge in [0.1, 0.15) is 0 Å². The zero-order valence-electron chi connectivity index (χ0n) is 16.9. The molecule has 0 saturated carbocycles. The fraction of sp³-hybridized carbons (Fsp3) is 0.333. The highest BCUT2D eigenvalue weighted by Gasteiger charge is 2.22. The lowest BCUT2D eigenvalue weighted by Gasteiger charge is -2.18. The van der Waals surface area contributed by atoms with Gasteiger partial charge in [0.25, 0.3) is 5.91 Å². The summed E-state index contributed by atoms with van der Waals surface area (Å²) in [6.45, 7) is 5.68. The first-order valence-electron chi connectivity index (χ1n) is 9.26. The molecule has 0 saturated heterocycles. The van der Waals surface area contributed by atoms with E-state index in [2.05, 4.69) is 15.4 Å². The number of nitrogens with zero attached hydrogens (tertiary/aromatic N) is 4. The number of anilines is 1. The second-order valence-electron chi connectivity index (χ2n) is 6.94. The highest BCUT2D eigenvalue weighted by Crippen LogP contribution is 2.23. The number of amides is 2. The van der Waals surface area contributed by atoms with Gasteiger partial charge >= 0.3 is 0 Å². The lowest BCUT2D eigenvalue weighted by atomic mass is 10.1. The standard InChI is InChI=1S/C21H25N5O2/c1-6-15-9-7-8-10-17(15)23-18(27)12-25(4)21(28)16-11-13(2)22-20-19(16)14(3)24-26(20)5/h7-11H,6,12H2,1-5H3,(H,23,27). The summed E-state index contributed by atoms with van der Waals surface area (Å²) in [5.41, 5.74) is 4.48. The second-order valence-corrected chi connectivity index (χ2v) is 6.94. The summed E-state index contributed by atoms with van der Waals surface area (Å²) in [6, 6.07) is 9.42. The highest BCUT2D eigenvalue weighted by atomic mass is 16.2. The summed E-state index contributed by atoms with van der Waals surface area (Å²) in [5.74, 6) is -0.466. The van der Waals surface area contributed by atoms with Crippen LogP contribution in [0.2, 0.25) is 0 Å². The molecule has 146 valence electrons. The zero-order chi connectivity index (χ0) is 20.4. The molecule has 0 aliphatic carbocycles. The van der Waals surface area contributed by atoms with Crippen LogP contribution in [-0.4, -0.2) is 45.1 Å². The molecule has 0 fully saturated rings. The van der Waals surface area contributed by atoms with Crippen LogP contribution in [0.5, 0.6) is 0 Å². The van der Waals surface area contributed by atoms with Crippen molar-refractivity contribution >= 4 is 28.5 Å². The van der Waals surface area contributed by atoms with Gasteiger partial charge in [0.05, 0.1) is 23.2 Å². The molecule has 2 aromatic heterocycles. The van der Waals surface area contributed by atoms with E-state index >= 15 is 0 Å². The first-order valence-corrected chi connectivity index (χ1v) is 9.26. The molecule has 2 amide bonds. The van der Waals surface area contributed by atoms with E-state index in [1.54, 1.807) is 24.8 Å². The van der Waals surface area contributed by atoms with Gasteiger partial charge in [0.15, 0.2) is 5.65 Å². The van der Waals surface area contributed by atoms with Gasteiger partial charge in [-0.05, 0) is 38.0 Å². The zero-order valence-corrected chi connectivity index (χ0v) is 16.9. The normalized spacial score (nSPS) is 10.9. The van der Waals surface area contributed by atoms with Gasteiger partial charge in [0, 0.05) is 25.5 Å². The number of hydrogen-bond acceptors (Lipinski definition) is 4. The fourth-order valence-electron chi connectivity index (χ4n) is 3.37. The summed E-state index contributed by atoms with van der Waals surface area (Å²) in [5, 5.41) is 8.00. The Balaban J connectivity index is 1.82. The molecule has 3 aromatic rings. The van der Waals surface area contributed by atoms with E-state index < -0.39 is 0 Å². The number of fused-ring (bicyclic) bond motifs is 1. The molecule has 2 heterocycles. The van der Waals surface area contributed by atoms with E-state index in [1.807, 2.05) is 45.0 Å². The number of benzene rings is 1. The Labute approximate surface area is 164 Å².